The summed E-state index contributed by atoms with van der Waals surface area (Å²) in [4.78, 5) is 32.7. The first-order valence-electron chi connectivity index (χ1n) is 5.89. The molecule has 8 heteroatoms. The van der Waals surface area contributed by atoms with Gasteiger partial charge in [0.05, 0.1) is 4.92 Å². The molecule has 108 valence electrons. The maximum absolute atomic E-state index is 11.4. The summed E-state index contributed by atoms with van der Waals surface area (Å²) in [5.41, 5.74) is 0.524. The molecule has 0 atom stereocenters. The minimum absolute atomic E-state index is 0.0129. The summed E-state index contributed by atoms with van der Waals surface area (Å²) in [6, 6.07) is 3.68. The highest BCUT2D eigenvalue weighted by molar-refractivity contribution is 5.95. The molecule has 0 radical (unpaired) electrons. The second-order valence-corrected chi connectivity index (χ2v) is 3.92. The van der Waals surface area contributed by atoms with Crippen LogP contribution in [0.4, 0.5) is 10.5 Å². The third-order valence-electron chi connectivity index (χ3n) is 2.26. The fraction of sp³-hybridized carbons (Fsp3) is 0.333. The van der Waals surface area contributed by atoms with Crippen molar-refractivity contribution >= 4 is 17.6 Å². The van der Waals surface area contributed by atoms with Gasteiger partial charge in [-0.05, 0) is 25.5 Å². The monoisotopic (exact) mass is 281 g/mol. The van der Waals surface area contributed by atoms with E-state index in [1.54, 1.807) is 19.9 Å². The van der Waals surface area contributed by atoms with E-state index in [0.717, 1.165) is 5.56 Å². The predicted molar refractivity (Wildman–Crippen MR) is 70.5 cm³/mol. The molecule has 0 saturated heterocycles. The lowest BCUT2D eigenvalue weighted by atomic mass is 10.2. The number of amides is 3. The highest BCUT2D eigenvalue weighted by Gasteiger charge is 2.16. The number of ether oxygens (including phenoxy) is 1. The van der Waals surface area contributed by atoms with E-state index in [2.05, 4.69) is 5.32 Å². The van der Waals surface area contributed by atoms with Gasteiger partial charge >= 0.3 is 11.7 Å². The minimum Gasteiger partial charge on any atom is -0.477 e. The molecule has 0 unspecified atom stereocenters. The molecule has 0 fully saturated rings. The Morgan fingerprint density at radius 2 is 2.10 bits per heavy atom. The molecular weight excluding hydrogens is 266 g/mol. The Morgan fingerprint density at radius 1 is 1.40 bits per heavy atom. The van der Waals surface area contributed by atoms with Gasteiger partial charge < -0.3 is 10.1 Å². The number of nitrogens with zero attached hydrogens (tertiary/aromatic N) is 1. The van der Waals surface area contributed by atoms with Crippen molar-refractivity contribution in [3.05, 3.63) is 33.9 Å². The van der Waals surface area contributed by atoms with Gasteiger partial charge in [-0.1, -0.05) is 6.07 Å². The summed E-state index contributed by atoms with van der Waals surface area (Å²) < 4.78 is 5.09. The maximum Gasteiger partial charge on any atom is 0.321 e. The number of imide groups is 1. The fourth-order valence-electron chi connectivity index (χ4n) is 1.40. The molecule has 0 saturated carbocycles. The number of benzene rings is 1. The lowest BCUT2D eigenvalue weighted by Crippen LogP contribution is -2.41. The number of hydrogen-bond donors (Lipinski definition) is 2. The number of nitrogens with one attached hydrogen (secondary N) is 2. The predicted octanol–water partition coefficient (Wildman–Crippen LogP) is 1.13. The van der Waals surface area contributed by atoms with Gasteiger partial charge in [-0.2, -0.15) is 0 Å². The third kappa shape index (κ3) is 4.56. The van der Waals surface area contributed by atoms with Crippen molar-refractivity contribution in [3.63, 3.8) is 0 Å². The van der Waals surface area contributed by atoms with Crippen molar-refractivity contribution in [1.29, 1.82) is 0 Å². The van der Waals surface area contributed by atoms with E-state index < -0.39 is 23.5 Å². The van der Waals surface area contributed by atoms with Gasteiger partial charge in [0.2, 0.25) is 0 Å². The summed E-state index contributed by atoms with van der Waals surface area (Å²) >= 11 is 0. The highest BCUT2D eigenvalue weighted by atomic mass is 16.6. The molecule has 0 aliphatic heterocycles. The Bertz CT molecular complexity index is 530. The molecule has 8 nitrogen and oxygen atoms in total. The number of hydrogen-bond acceptors (Lipinski definition) is 5. The van der Waals surface area contributed by atoms with Gasteiger partial charge in [-0.15, -0.1) is 0 Å². The van der Waals surface area contributed by atoms with E-state index in [1.165, 1.54) is 12.1 Å². The zero-order valence-corrected chi connectivity index (χ0v) is 11.1. The fourth-order valence-corrected chi connectivity index (χ4v) is 1.40. The first kappa shape index (κ1) is 15.4. The Morgan fingerprint density at radius 3 is 2.70 bits per heavy atom. The molecule has 0 spiro atoms. The maximum atomic E-state index is 11.4. The van der Waals surface area contributed by atoms with Crippen molar-refractivity contribution in [2.24, 2.45) is 0 Å². The number of rotatable bonds is 5. The topological polar surface area (TPSA) is 111 Å². The van der Waals surface area contributed by atoms with Crippen LogP contribution in [0.2, 0.25) is 0 Å². The second-order valence-electron chi connectivity index (χ2n) is 3.92. The van der Waals surface area contributed by atoms with E-state index in [9.17, 15) is 19.7 Å². The number of urea groups is 1. The van der Waals surface area contributed by atoms with Gasteiger partial charge in [0, 0.05) is 12.6 Å². The second kappa shape index (κ2) is 7.07. The molecule has 0 aromatic heterocycles. The van der Waals surface area contributed by atoms with Gasteiger partial charge in [0.15, 0.2) is 12.4 Å². The molecule has 2 N–H and O–H groups in total. The first-order chi connectivity index (χ1) is 9.43. The van der Waals surface area contributed by atoms with Crippen molar-refractivity contribution in [2.75, 3.05) is 13.2 Å². The normalized spacial score (nSPS) is 9.70. The average molecular weight is 281 g/mol. The molecule has 0 aliphatic rings. The van der Waals surface area contributed by atoms with Gasteiger partial charge in [-0.25, -0.2) is 4.79 Å². The Balaban J connectivity index is 2.65. The van der Waals surface area contributed by atoms with Crippen LogP contribution in [0.1, 0.15) is 12.5 Å². The van der Waals surface area contributed by atoms with Crippen LogP contribution in [0.3, 0.4) is 0 Å². The molecule has 1 aromatic rings. The molecule has 1 aromatic carbocycles. The number of carbonyl (C=O) groups is 2. The van der Waals surface area contributed by atoms with Crippen LogP contribution < -0.4 is 15.4 Å². The number of carbonyl (C=O) groups excluding carboxylic acids is 2. The van der Waals surface area contributed by atoms with Crippen LogP contribution in [0, 0.1) is 17.0 Å². The van der Waals surface area contributed by atoms with Crippen LogP contribution >= 0.6 is 0 Å². The highest BCUT2D eigenvalue weighted by Crippen LogP contribution is 2.27. The third-order valence-corrected chi connectivity index (χ3v) is 2.26. The Hall–Kier alpha value is -2.64. The van der Waals surface area contributed by atoms with Gasteiger partial charge in [0.1, 0.15) is 0 Å². The SMILES string of the molecule is CCNC(=O)NC(=O)COc1cc(C)ccc1[N+](=O)[O-]. The summed E-state index contributed by atoms with van der Waals surface area (Å²) in [6.45, 7) is 3.34. The molecule has 3 amide bonds. The van der Waals surface area contributed by atoms with Crippen molar-refractivity contribution < 1.29 is 19.2 Å². The van der Waals surface area contributed by atoms with E-state index in [0.29, 0.717) is 6.54 Å². The standard InChI is InChI=1S/C12H15N3O5/c1-3-13-12(17)14-11(16)7-20-10-6-8(2)4-5-9(10)15(18)19/h4-6H,3,7H2,1-2H3,(H2,13,14,16,17). The Labute approximate surface area is 115 Å². The summed E-state index contributed by atoms with van der Waals surface area (Å²) in [5.74, 6) is -0.701. The lowest BCUT2D eigenvalue weighted by Gasteiger charge is -2.08. The first-order valence-corrected chi connectivity index (χ1v) is 5.89. The van der Waals surface area contributed by atoms with Gasteiger partial charge in [-0.3, -0.25) is 20.2 Å². The molecule has 0 bridgehead atoms. The molecule has 1 rings (SSSR count). The lowest BCUT2D eigenvalue weighted by molar-refractivity contribution is -0.385. The largest absolute Gasteiger partial charge is 0.477 e. The summed E-state index contributed by atoms with van der Waals surface area (Å²) in [6.07, 6.45) is 0. The van der Waals surface area contributed by atoms with E-state index >= 15 is 0 Å². The number of nitro benzene ring substituents is 1. The zero-order chi connectivity index (χ0) is 15.1. The van der Waals surface area contributed by atoms with E-state index in [1.807, 2.05) is 5.32 Å². The number of aryl methyl sites for hydroxylation is 1. The van der Waals surface area contributed by atoms with E-state index in [4.69, 9.17) is 4.74 Å². The van der Waals surface area contributed by atoms with Crippen LogP contribution in [0.25, 0.3) is 0 Å². The molecule has 0 aliphatic carbocycles. The molecular formula is C12H15N3O5. The average Bonchev–Trinajstić information content (AvgIpc) is 2.36. The van der Waals surface area contributed by atoms with Gasteiger partial charge in [0.25, 0.3) is 5.91 Å². The van der Waals surface area contributed by atoms with Crippen LogP contribution in [-0.4, -0.2) is 30.0 Å². The Kier molecular flexibility index (Phi) is 5.45. The van der Waals surface area contributed by atoms with Crippen molar-refractivity contribution in [2.45, 2.75) is 13.8 Å². The summed E-state index contributed by atoms with van der Waals surface area (Å²) in [7, 11) is 0. The van der Waals surface area contributed by atoms with Crippen molar-refractivity contribution in [3.8, 4) is 5.75 Å². The quantitative estimate of drug-likeness (QED) is 0.620. The number of nitro groups is 1. The molecule has 0 heterocycles. The van der Waals surface area contributed by atoms with Crippen LogP contribution in [0.15, 0.2) is 18.2 Å². The zero-order valence-electron chi connectivity index (χ0n) is 11.1. The van der Waals surface area contributed by atoms with Crippen molar-refractivity contribution in [1.82, 2.24) is 10.6 Å². The van der Waals surface area contributed by atoms with E-state index in [-0.39, 0.29) is 11.4 Å². The smallest absolute Gasteiger partial charge is 0.321 e. The summed E-state index contributed by atoms with van der Waals surface area (Å²) in [5, 5.41) is 15.2. The minimum atomic E-state index is -0.688. The van der Waals surface area contributed by atoms with Crippen LogP contribution in [-0.2, 0) is 4.79 Å². The molecule has 20 heavy (non-hydrogen) atoms. The van der Waals surface area contributed by atoms with Crippen LogP contribution in [0.5, 0.6) is 5.75 Å².